The predicted molar refractivity (Wildman–Crippen MR) is 97.4 cm³/mol. The summed E-state index contributed by atoms with van der Waals surface area (Å²) in [6, 6.07) is 11.4. The number of carbonyl (C=O) groups excluding carboxylic acids is 1. The summed E-state index contributed by atoms with van der Waals surface area (Å²) in [6.45, 7) is 1.72. The van der Waals surface area contributed by atoms with Crippen molar-refractivity contribution in [3.8, 4) is 17.1 Å². The SMILES string of the molecule is O=C(NC[C@@H]1COCCO1)c1nnn(-c2ccccc2F)c1-c1ccccn1. The van der Waals surface area contributed by atoms with Crippen LogP contribution in [0.1, 0.15) is 10.5 Å². The van der Waals surface area contributed by atoms with Crippen molar-refractivity contribution >= 4 is 5.91 Å². The lowest BCUT2D eigenvalue weighted by Crippen LogP contribution is -2.40. The van der Waals surface area contributed by atoms with Crippen LogP contribution in [0, 0.1) is 5.82 Å². The molecule has 0 spiro atoms. The van der Waals surface area contributed by atoms with E-state index in [-0.39, 0.29) is 24.0 Å². The highest BCUT2D eigenvalue weighted by molar-refractivity contribution is 5.97. The van der Waals surface area contributed by atoms with E-state index in [1.165, 1.54) is 10.7 Å². The Balaban J connectivity index is 1.67. The number of benzene rings is 1. The molecule has 2 aromatic heterocycles. The standard InChI is InChI=1S/C19H18FN5O3/c20-14-5-1-2-7-16(14)25-18(15-6-3-4-8-21-15)17(23-24-25)19(26)22-11-13-12-27-9-10-28-13/h1-8,13H,9-12H2,(H,22,26)/t13-/m1/s1. The van der Waals surface area contributed by atoms with Gasteiger partial charge in [-0.1, -0.05) is 23.4 Å². The van der Waals surface area contributed by atoms with E-state index in [0.717, 1.165) is 0 Å². The van der Waals surface area contributed by atoms with Crippen molar-refractivity contribution in [2.45, 2.75) is 6.10 Å². The average molecular weight is 383 g/mol. The number of nitrogens with one attached hydrogen (secondary N) is 1. The van der Waals surface area contributed by atoms with Gasteiger partial charge in [0.25, 0.3) is 5.91 Å². The molecule has 8 nitrogen and oxygen atoms in total. The average Bonchev–Trinajstić information content (AvgIpc) is 3.19. The first kappa shape index (κ1) is 18.2. The van der Waals surface area contributed by atoms with Gasteiger partial charge < -0.3 is 14.8 Å². The van der Waals surface area contributed by atoms with E-state index in [4.69, 9.17) is 9.47 Å². The highest BCUT2D eigenvalue weighted by atomic mass is 19.1. The van der Waals surface area contributed by atoms with Crippen LogP contribution in [0.15, 0.2) is 48.7 Å². The lowest BCUT2D eigenvalue weighted by Gasteiger charge is -2.22. The molecule has 1 saturated heterocycles. The Labute approximate surface area is 160 Å². The van der Waals surface area contributed by atoms with Gasteiger partial charge in [-0.15, -0.1) is 5.10 Å². The highest BCUT2D eigenvalue weighted by Crippen LogP contribution is 2.24. The molecule has 3 aromatic rings. The van der Waals surface area contributed by atoms with E-state index >= 15 is 0 Å². The van der Waals surface area contributed by atoms with E-state index in [0.29, 0.717) is 31.2 Å². The first-order valence-electron chi connectivity index (χ1n) is 8.83. The number of pyridine rings is 1. The number of nitrogens with zero attached hydrogens (tertiary/aromatic N) is 4. The van der Waals surface area contributed by atoms with E-state index < -0.39 is 11.7 Å². The third kappa shape index (κ3) is 3.75. The molecule has 3 heterocycles. The van der Waals surface area contributed by atoms with Crippen molar-refractivity contribution in [3.05, 3.63) is 60.2 Å². The molecule has 1 atom stereocenters. The maximum Gasteiger partial charge on any atom is 0.274 e. The third-order valence-electron chi connectivity index (χ3n) is 4.25. The number of aromatic nitrogens is 4. The van der Waals surface area contributed by atoms with Gasteiger partial charge in [0, 0.05) is 12.7 Å². The minimum Gasteiger partial charge on any atom is -0.376 e. The van der Waals surface area contributed by atoms with Crippen molar-refractivity contribution < 1.29 is 18.7 Å². The Morgan fingerprint density at radius 2 is 2.07 bits per heavy atom. The number of rotatable bonds is 5. The van der Waals surface area contributed by atoms with Crippen molar-refractivity contribution in [1.82, 2.24) is 25.3 Å². The van der Waals surface area contributed by atoms with Crippen LogP contribution in [0.25, 0.3) is 17.1 Å². The molecule has 1 fully saturated rings. The Morgan fingerprint density at radius 1 is 1.21 bits per heavy atom. The summed E-state index contributed by atoms with van der Waals surface area (Å²) in [5.41, 5.74) is 1.000. The molecule has 9 heteroatoms. The largest absolute Gasteiger partial charge is 0.376 e. The lowest BCUT2D eigenvalue weighted by atomic mass is 10.2. The summed E-state index contributed by atoms with van der Waals surface area (Å²) in [5, 5.41) is 10.8. The Bertz CT molecular complexity index is 957. The van der Waals surface area contributed by atoms with Crippen LogP contribution >= 0.6 is 0 Å². The first-order valence-corrected chi connectivity index (χ1v) is 8.83. The minimum atomic E-state index is -0.482. The Hall–Kier alpha value is -3.17. The molecule has 0 unspecified atom stereocenters. The quantitative estimate of drug-likeness (QED) is 0.720. The first-order chi connectivity index (χ1) is 13.7. The second-order valence-corrected chi connectivity index (χ2v) is 6.14. The molecule has 4 rings (SSSR count). The normalized spacial score (nSPS) is 16.7. The van der Waals surface area contributed by atoms with Gasteiger partial charge in [0.15, 0.2) is 5.69 Å². The molecule has 0 aliphatic carbocycles. The fourth-order valence-electron chi connectivity index (χ4n) is 2.90. The van der Waals surface area contributed by atoms with Gasteiger partial charge in [0.1, 0.15) is 17.2 Å². The van der Waals surface area contributed by atoms with Gasteiger partial charge in [0.2, 0.25) is 0 Å². The summed E-state index contributed by atoms with van der Waals surface area (Å²) < 4.78 is 26.5. The molecule has 1 aliphatic rings. The topological polar surface area (TPSA) is 91.2 Å². The summed E-state index contributed by atoms with van der Waals surface area (Å²) in [7, 11) is 0. The van der Waals surface area contributed by atoms with Gasteiger partial charge in [-0.3, -0.25) is 9.78 Å². The molecule has 1 amide bonds. The number of halogens is 1. The van der Waals surface area contributed by atoms with Crippen LogP contribution in [0.5, 0.6) is 0 Å². The van der Waals surface area contributed by atoms with Crippen LogP contribution < -0.4 is 5.32 Å². The van der Waals surface area contributed by atoms with Crippen LogP contribution in [0.4, 0.5) is 4.39 Å². The second kappa shape index (κ2) is 8.24. The number of para-hydroxylation sites is 1. The summed E-state index contributed by atoms with van der Waals surface area (Å²) >= 11 is 0. The molecule has 1 aromatic carbocycles. The fraction of sp³-hybridized carbons (Fsp3) is 0.263. The van der Waals surface area contributed by atoms with E-state index in [1.807, 2.05) is 0 Å². The molecular weight excluding hydrogens is 365 g/mol. The van der Waals surface area contributed by atoms with Gasteiger partial charge >= 0.3 is 0 Å². The maximum absolute atomic E-state index is 14.3. The van der Waals surface area contributed by atoms with Gasteiger partial charge in [0.05, 0.1) is 31.6 Å². The van der Waals surface area contributed by atoms with Crippen molar-refractivity contribution in [3.63, 3.8) is 0 Å². The summed E-state index contributed by atoms with van der Waals surface area (Å²) in [5.74, 6) is -0.929. The van der Waals surface area contributed by atoms with Crippen molar-refractivity contribution in [2.75, 3.05) is 26.4 Å². The molecule has 28 heavy (non-hydrogen) atoms. The zero-order valence-electron chi connectivity index (χ0n) is 14.9. The number of hydrogen-bond acceptors (Lipinski definition) is 6. The monoisotopic (exact) mass is 383 g/mol. The van der Waals surface area contributed by atoms with Crippen LogP contribution in [-0.4, -0.2) is 58.4 Å². The predicted octanol–water partition coefficient (Wildman–Crippen LogP) is 1.61. The van der Waals surface area contributed by atoms with E-state index in [1.54, 1.807) is 42.6 Å². The van der Waals surface area contributed by atoms with E-state index in [2.05, 4.69) is 20.6 Å². The maximum atomic E-state index is 14.3. The number of ether oxygens (including phenoxy) is 2. The molecule has 1 aliphatic heterocycles. The summed E-state index contributed by atoms with van der Waals surface area (Å²) in [4.78, 5) is 17.0. The molecule has 0 radical (unpaired) electrons. The fourth-order valence-corrected chi connectivity index (χ4v) is 2.90. The number of carbonyl (C=O) groups is 1. The second-order valence-electron chi connectivity index (χ2n) is 6.14. The van der Waals surface area contributed by atoms with Gasteiger partial charge in [-0.25, -0.2) is 9.07 Å². The van der Waals surface area contributed by atoms with Gasteiger partial charge in [-0.2, -0.15) is 0 Å². The zero-order chi connectivity index (χ0) is 19.3. The van der Waals surface area contributed by atoms with Crippen LogP contribution in [-0.2, 0) is 9.47 Å². The number of hydrogen-bond donors (Lipinski definition) is 1. The van der Waals surface area contributed by atoms with Crippen LogP contribution in [0.2, 0.25) is 0 Å². The van der Waals surface area contributed by atoms with Crippen LogP contribution in [0.3, 0.4) is 0 Å². The zero-order valence-corrected chi connectivity index (χ0v) is 14.9. The van der Waals surface area contributed by atoms with Crippen molar-refractivity contribution in [2.24, 2.45) is 0 Å². The molecular formula is C19H18FN5O3. The Morgan fingerprint density at radius 3 is 2.82 bits per heavy atom. The molecule has 144 valence electrons. The van der Waals surface area contributed by atoms with Gasteiger partial charge in [-0.05, 0) is 24.3 Å². The smallest absolute Gasteiger partial charge is 0.274 e. The van der Waals surface area contributed by atoms with Crippen molar-refractivity contribution in [1.29, 1.82) is 0 Å². The highest BCUT2D eigenvalue weighted by Gasteiger charge is 2.25. The summed E-state index contributed by atoms with van der Waals surface area (Å²) in [6.07, 6.45) is 1.36. The molecule has 0 saturated carbocycles. The van der Waals surface area contributed by atoms with E-state index in [9.17, 15) is 9.18 Å². The molecule has 1 N–H and O–H groups in total. The molecule has 0 bridgehead atoms. The minimum absolute atomic E-state index is 0.0543. The lowest BCUT2D eigenvalue weighted by molar-refractivity contribution is -0.0855. The Kier molecular flexibility index (Phi) is 5.36. The number of amides is 1. The third-order valence-corrected chi connectivity index (χ3v) is 4.25.